The van der Waals surface area contributed by atoms with Crippen molar-refractivity contribution in [3.63, 3.8) is 0 Å². The van der Waals surface area contributed by atoms with Gasteiger partial charge in [0, 0.05) is 13.7 Å². The monoisotopic (exact) mass is 272 g/mol. The molecule has 5 heteroatoms. The molecule has 0 radical (unpaired) electrons. The molecule has 1 aromatic rings. The summed E-state index contributed by atoms with van der Waals surface area (Å²) < 4.78 is 37.0. The van der Waals surface area contributed by atoms with Crippen molar-refractivity contribution in [3.8, 4) is 0 Å². The Bertz CT molecular complexity index is 447. The number of halogens is 2. The van der Waals surface area contributed by atoms with Gasteiger partial charge in [0.1, 0.15) is 17.2 Å². The van der Waals surface area contributed by atoms with E-state index in [0.29, 0.717) is 13.0 Å². The van der Waals surface area contributed by atoms with Gasteiger partial charge >= 0.3 is 5.97 Å². The van der Waals surface area contributed by atoms with Crippen molar-refractivity contribution in [3.05, 3.63) is 34.9 Å². The Morgan fingerprint density at radius 1 is 1.37 bits per heavy atom. The third-order valence-corrected chi connectivity index (χ3v) is 2.80. The number of hydrogen-bond donors (Lipinski definition) is 0. The molecule has 0 saturated carbocycles. The van der Waals surface area contributed by atoms with Gasteiger partial charge in [0.2, 0.25) is 0 Å². The second-order valence-corrected chi connectivity index (χ2v) is 4.54. The molecule has 106 valence electrons. The predicted octanol–water partition coefficient (Wildman–Crippen LogP) is 3.10. The van der Waals surface area contributed by atoms with Crippen molar-refractivity contribution < 1.29 is 23.0 Å². The molecule has 0 heterocycles. The summed E-state index contributed by atoms with van der Waals surface area (Å²) in [5, 5.41) is 0. The highest BCUT2D eigenvalue weighted by molar-refractivity contribution is 5.90. The van der Waals surface area contributed by atoms with E-state index in [1.54, 1.807) is 7.11 Å². The van der Waals surface area contributed by atoms with Gasteiger partial charge in [-0.1, -0.05) is 13.0 Å². The Morgan fingerprint density at radius 3 is 2.68 bits per heavy atom. The minimum absolute atomic E-state index is 0.0693. The fourth-order valence-corrected chi connectivity index (χ4v) is 1.54. The van der Waals surface area contributed by atoms with Crippen LogP contribution in [0.25, 0.3) is 0 Å². The highest BCUT2D eigenvalue weighted by atomic mass is 19.1. The number of esters is 1. The van der Waals surface area contributed by atoms with Crippen LogP contribution in [0.1, 0.15) is 29.3 Å². The fourth-order valence-electron chi connectivity index (χ4n) is 1.54. The number of methoxy groups -OCH3 is 1. The molecule has 0 aliphatic rings. The molecular formula is C14H18F2O3. The summed E-state index contributed by atoms with van der Waals surface area (Å²) in [5.74, 6) is -2.67. The third kappa shape index (κ3) is 4.28. The topological polar surface area (TPSA) is 35.5 Å². The van der Waals surface area contributed by atoms with Gasteiger partial charge in [-0.15, -0.1) is 0 Å². The lowest BCUT2D eigenvalue weighted by molar-refractivity contribution is 0.0413. The summed E-state index contributed by atoms with van der Waals surface area (Å²) in [6.07, 6.45) is 0.711. The van der Waals surface area contributed by atoms with E-state index >= 15 is 0 Å². The van der Waals surface area contributed by atoms with Crippen LogP contribution in [0.2, 0.25) is 0 Å². The van der Waals surface area contributed by atoms with Crippen molar-refractivity contribution >= 4 is 5.97 Å². The van der Waals surface area contributed by atoms with Crippen LogP contribution in [0.3, 0.4) is 0 Å². The first-order valence-corrected chi connectivity index (χ1v) is 6.08. The summed E-state index contributed by atoms with van der Waals surface area (Å²) >= 11 is 0. The molecule has 0 amide bonds. The van der Waals surface area contributed by atoms with Gasteiger partial charge in [-0.05, 0) is 30.9 Å². The van der Waals surface area contributed by atoms with Crippen molar-refractivity contribution in [2.45, 2.75) is 20.3 Å². The van der Waals surface area contributed by atoms with E-state index < -0.39 is 23.2 Å². The maximum atomic E-state index is 13.7. The molecule has 1 unspecified atom stereocenters. The zero-order chi connectivity index (χ0) is 14.4. The van der Waals surface area contributed by atoms with E-state index in [4.69, 9.17) is 9.47 Å². The zero-order valence-corrected chi connectivity index (χ0v) is 11.3. The average molecular weight is 272 g/mol. The van der Waals surface area contributed by atoms with E-state index in [1.165, 1.54) is 13.0 Å². The number of carbonyl (C=O) groups is 1. The molecular weight excluding hydrogens is 254 g/mol. The van der Waals surface area contributed by atoms with Crippen molar-refractivity contribution in [2.24, 2.45) is 5.92 Å². The summed E-state index contributed by atoms with van der Waals surface area (Å²) in [6.45, 7) is 3.99. The molecule has 1 rings (SSSR count). The molecule has 0 fully saturated rings. The van der Waals surface area contributed by atoms with Crippen molar-refractivity contribution in [2.75, 3.05) is 20.3 Å². The molecule has 0 aromatic heterocycles. The van der Waals surface area contributed by atoms with Gasteiger partial charge in [-0.3, -0.25) is 0 Å². The Labute approximate surface area is 111 Å². The Hall–Kier alpha value is -1.49. The van der Waals surface area contributed by atoms with Crippen molar-refractivity contribution in [1.82, 2.24) is 0 Å². The maximum Gasteiger partial charge on any atom is 0.344 e. The maximum absolute atomic E-state index is 13.7. The van der Waals surface area contributed by atoms with Crippen LogP contribution in [0.5, 0.6) is 0 Å². The van der Waals surface area contributed by atoms with Crippen molar-refractivity contribution in [1.29, 1.82) is 0 Å². The van der Waals surface area contributed by atoms with Gasteiger partial charge in [0.15, 0.2) is 0 Å². The third-order valence-electron chi connectivity index (χ3n) is 2.80. The van der Waals surface area contributed by atoms with Crippen LogP contribution >= 0.6 is 0 Å². The molecule has 3 nitrogen and oxygen atoms in total. The minimum Gasteiger partial charge on any atom is -0.462 e. The van der Waals surface area contributed by atoms with Crippen LogP contribution in [-0.2, 0) is 9.47 Å². The fraction of sp³-hybridized carbons (Fsp3) is 0.500. The average Bonchev–Trinajstić information content (AvgIpc) is 2.38. The van der Waals surface area contributed by atoms with Crippen LogP contribution < -0.4 is 0 Å². The second-order valence-electron chi connectivity index (χ2n) is 4.54. The largest absolute Gasteiger partial charge is 0.462 e. The van der Waals surface area contributed by atoms with Gasteiger partial charge in [-0.2, -0.15) is 0 Å². The standard InChI is InChI=1S/C14H18F2O3/c1-9(6-7-18-3)8-19-14(17)12-11(15)5-4-10(2)13(12)16/h4-5,9H,6-8H2,1-3H3. The summed E-state index contributed by atoms with van der Waals surface area (Å²) in [6, 6.07) is 2.34. The summed E-state index contributed by atoms with van der Waals surface area (Å²) in [7, 11) is 1.58. The Kier molecular flexibility index (Phi) is 5.89. The minimum atomic E-state index is -0.969. The van der Waals surface area contributed by atoms with E-state index in [9.17, 15) is 13.6 Å². The molecule has 0 bridgehead atoms. The van der Waals surface area contributed by atoms with E-state index in [2.05, 4.69) is 0 Å². The first-order chi connectivity index (χ1) is 8.97. The smallest absolute Gasteiger partial charge is 0.344 e. The second kappa shape index (κ2) is 7.19. The molecule has 0 aliphatic heterocycles. The van der Waals surface area contributed by atoms with Crippen LogP contribution in [0, 0.1) is 24.5 Å². The normalized spacial score (nSPS) is 12.3. The zero-order valence-electron chi connectivity index (χ0n) is 11.3. The van der Waals surface area contributed by atoms with E-state index in [0.717, 1.165) is 6.07 Å². The number of hydrogen-bond acceptors (Lipinski definition) is 3. The first-order valence-electron chi connectivity index (χ1n) is 6.08. The molecule has 1 aromatic carbocycles. The molecule has 1 atom stereocenters. The number of ether oxygens (including phenoxy) is 2. The van der Waals surface area contributed by atoms with Crippen LogP contribution in [0.15, 0.2) is 12.1 Å². The molecule has 0 N–H and O–H groups in total. The summed E-state index contributed by atoms with van der Waals surface area (Å²) in [4.78, 5) is 11.7. The summed E-state index contributed by atoms with van der Waals surface area (Å²) in [5.41, 5.74) is -0.417. The number of aryl methyl sites for hydroxylation is 1. The molecule has 19 heavy (non-hydrogen) atoms. The number of rotatable bonds is 6. The number of benzene rings is 1. The van der Waals surface area contributed by atoms with Gasteiger partial charge in [0.25, 0.3) is 0 Å². The first kappa shape index (κ1) is 15.6. The lowest BCUT2D eigenvalue weighted by atomic mass is 10.1. The molecule has 0 saturated heterocycles. The quantitative estimate of drug-likeness (QED) is 0.746. The molecule has 0 spiro atoms. The van der Waals surface area contributed by atoms with Crippen LogP contribution in [0.4, 0.5) is 8.78 Å². The highest BCUT2D eigenvalue weighted by Crippen LogP contribution is 2.17. The lowest BCUT2D eigenvalue weighted by Crippen LogP contribution is -2.16. The predicted molar refractivity (Wildman–Crippen MR) is 67.0 cm³/mol. The van der Waals surface area contributed by atoms with Crippen LogP contribution in [-0.4, -0.2) is 26.3 Å². The number of carbonyl (C=O) groups excluding carboxylic acids is 1. The SMILES string of the molecule is COCCC(C)COC(=O)c1c(F)ccc(C)c1F. The Morgan fingerprint density at radius 2 is 2.05 bits per heavy atom. The Balaban J connectivity index is 2.66. The van der Waals surface area contributed by atoms with Gasteiger partial charge in [-0.25, -0.2) is 13.6 Å². The van der Waals surface area contributed by atoms with Gasteiger partial charge in [0.05, 0.1) is 6.61 Å². The lowest BCUT2D eigenvalue weighted by Gasteiger charge is -2.12. The van der Waals surface area contributed by atoms with Gasteiger partial charge < -0.3 is 9.47 Å². The van der Waals surface area contributed by atoms with E-state index in [-0.39, 0.29) is 18.1 Å². The molecule has 0 aliphatic carbocycles. The van der Waals surface area contributed by atoms with E-state index in [1.807, 2.05) is 6.92 Å². The highest BCUT2D eigenvalue weighted by Gasteiger charge is 2.21.